The zero-order chi connectivity index (χ0) is 33.1. The summed E-state index contributed by atoms with van der Waals surface area (Å²) in [7, 11) is 0. The van der Waals surface area contributed by atoms with Gasteiger partial charge in [-0.1, -0.05) is 123 Å². The molecule has 1 heteroatoms. The zero-order valence-electron chi connectivity index (χ0n) is 27.9. The summed E-state index contributed by atoms with van der Waals surface area (Å²) >= 11 is 0. The van der Waals surface area contributed by atoms with E-state index in [0.717, 1.165) is 21.9 Å². The molecule has 9 aromatic carbocycles. The van der Waals surface area contributed by atoms with Crippen LogP contribution in [0.2, 0.25) is 0 Å². The number of furan rings is 1. The fraction of sp³-hybridized carbons (Fsp3) is 0.0612. The molecule has 0 saturated heterocycles. The molecule has 0 saturated carbocycles. The molecule has 1 aliphatic rings. The van der Waals surface area contributed by atoms with E-state index < -0.39 is 0 Å². The summed E-state index contributed by atoms with van der Waals surface area (Å²) in [5, 5.41) is 12.5. The van der Waals surface area contributed by atoms with Gasteiger partial charge in [-0.15, -0.1) is 0 Å². The second-order valence-electron chi connectivity index (χ2n) is 14.5. The van der Waals surface area contributed by atoms with E-state index >= 15 is 0 Å². The smallest absolute Gasteiger partial charge is 0.136 e. The summed E-state index contributed by atoms with van der Waals surface area (Å²) < 4.78 is 6.47. The maximum atomic E-state index is 6.47. The molecule has 0 atom stereocenters. The lowest BCUT2D eigenvalue weighted by atomic mass is 9.79. The van der Waals surface area contributed by atoms with Crippen LogP contribution >= 0.6 is 0 Å². The van der Waals surface area contributed by atoms with Gasteiger partial charge in [-0.3, -0.25) is 0 Å². The number of para-hydroxylation sites is 1. The first-order chi connectivity index (χ1) is 24.5. The van der Waals surface area contributed by atoms with Crippen molar-refractivity contribution in [3.05, 3.63) is 169 Å². The summed E-state index contributed by atoms with van der Waals surface area (Å²) in [6.07, 6.45) is 0. The molecule has 234 valence electrons. The van der Waals surface area contributed by atoms with E-state index in [2.05, 4.69) is 166 Å². The van der Waals surface area contributed by atoms with Gasteiger partial charge in [0, 0.05) is 16.2 Å². The Morgan fingerprint density at radius 3 is 1.86 bits per heavy atom. The molecule has 1 aromatic heterocycles. The minimum Gasteiger partial charge on any atom is -0.456 e. The average molecular weight is 637 g/mol. The van der Waals surface area contributed by atoms with Crippen LogP contribution in [0.5, 0.6) is 0 Å². The third kappa shape index (κ3) is 3.78. The Kier molecular flexibility index (Phi) is 5.51. The Balaban J connectivity index is 1.28. The number of hydrogen-bond acceptors (Lipinski definition) is 1. The first-order valence-corrected chi connectivity index (χ1v) is 17.5. The van der Waals surface area contributed by atoms with Gasteiger partial charge in [0.15, 0.2) is 0 Å². The minimum atomic E-state index is -0.198. The van der Waals surface area contributed by atoms with E-state index in [9.17, 15) is 0 Å². The first kappa shape index (κ1) is 27.7. The lowest BCUT2D eigenvalue weighted by molar-refractivity contribution is 0.661. The van der Waals surface area contributed by atoms with E-state index in [-0.39, 0.29) is 5.41 Å². The topological polar surface area (TPSA) is 13.1 Å². The van der Waals surface area contributed by atoms with Gasteiger partial charge >= 0.3 is 0 Å². The van der Waals surface area contributed by atoms with Crippen molar-refractivity contribution in [2.75, 3.05) is 0 Å². The van der Waals surface area contributed by atoms with Gasteiger partial charge in [0.1, 0.15) is 11.2 Å². The monoisotopic (exact) mass is 636 g/mol. The lowest BCUT2D eigenvalue weighted by Gasteiger charge is -2.24. The number of fused-ring (bicyclic) bond motifs is 11. The van der Waals surface area contributed by atoms with Crippen LogP contribution in [0, 0.1) is 0 Å². The van der Waals surface area contributed by atoms with Crippen LogP contribution < -0.4 is 0 Å². The lowest BCUT2D eigenvalue weighted by Crippen LogP contribution is -2.15. The highest BCUT2D eigenvalue weighted by Gasteiger charge is 2.38. The zero-order valence-corrected chi connectivity index (χ0v) is 27.9. The second kappa shape index (κ2) is 9.94. The highest BCUT2D eigenvalue weighted by atomic mass is 16.3. The van der Waals surface area contributed by atoms with Crippen LogP contribution in [0.15, 0.2) is 162 Å². The van der Waals surface area contributed by atoms with Crippen molar-refractivity contribution in [1.82, 2.24) is 0 Å². The molecule has 0 amide bonds. The van der Waals surface area contributed by atoms with Crippen LogP contribution in [-0.4, -0.2) is 0 Å². The standard InChI is InChI=1S/C49H32O/c1-49(2)43-26-31-13-4-3-12-30(31)23-42(43)48-40(33-20-21-38-37-17-9-10-18-45(37)50-46(38)28-33)25-34(27-44(48)49)47-36-16-8-6-14-32(36)24-41-35-15-7-5-11-29(35)19-22-39(41)47/h3-28H,1-2H3. The molecule has 0 radical (unpaired) electrons. The summed E-state index contributed by atoms with van der Waals surface area (Å²) in [6.45, 7) is 4.80. The Morgan fingerprint density at radius 1 is 0.360 bits per heavy atom. The molecule has 0 bridgehead atoms. The van der Waals surface area contributed by atoms with Gasteiger partial charge in [-0.2, -0.15) is 0 Å². The molecular formula is C49H32O. The molecule has 0 fully saturated rings. The molecule has 11 rings (SSSR count). The largest absolute Gasteiger partial charge is 0.456 e. The fourth-order valence-electron chi connectivity index (χ4n) is 8.93. The molecule has 1 heterocycles. The molecule has 1 aliphatic carbocycles. The highest BCUT2D eigenvalue weighted by molar-refractivity contribution is 6.20. The van der Waals surface area contributed by atoms with Gasteiger partial charge in [0.2, 0.25) is 0 Å². The Labute approximate surface area is 290 Å². The van der Waals surface area contributed by atoms with Crippen molar-refractivity contribution in [3.63, 3.8) is 0 Å². The van der Waals surface area contributed by atoms with E-state index in [4.69, 9.17) is 4.42 Å². The molecule has 0 spiro atoms. The van der Waals surface area contributed by atoms with Crippen molar-refractivity contribution >= 4 is 65.0 Å². The molecular weight excluding hydrogens is 605 g/mol. The third-order valence-corrected chi connectivity index (χ3v) is 11.4. The van der Waals surface area contributed by atoms with Crippen molar-refractivity contribution in [2.45, 2.75) is 19.3 Å². The number of benzene rings is 9. The Hall–Kier alpha value is -6.18. The quantitative estimate of drug-likeness (QED) is 0.136. The average Bonchev–Trinajstić information content (AvgIpc) is 3.63. The number of hydrogen-bond donors (Lipinski definition) is 0. The second-order valence-corrected chi connectivity index (χ2v) is 14.5. The van der Waals surface area contributed by atoms with Crippen LogP contribution in [0.25, 0.3) is 98.4 Å². The van der Waals surface area contributed by atoms with Crippen molar-refractivity contribution in [3.8, 4) is 33.4 Å². The molecule has 10 aromatic rings. The predicted molar refractivity (Wildman–Crippen MR) is 212 cm³/mol. The Morgan fingerprint density at radius 2 is 1.02 bits per heavy atom. The van der Waals surface area contributed by atoms with Crippen molar-refractivity contribution < 1.29 is 4.42 Å². The van der Waals surface area contributed by atoms with Crippen molar-refractivity contribution in [1.29, 1.82) is 0 Å². The van der Waals surface area contributed by atoms with E-state index in [1.54, 1.807) is 0 Å². The maximum Gasteiger partial charge on any atom is 0.136 e. The SMILES string of the molecule is CC1(C)c2cc3ccccc3cc2-c2c(-c3ccc4c(c3)oc3ccccc34)cc(-c3c4ccccc4cc4c3ccc3ccccc34)cc21. The molecule has 1 nitrogen and oxygen atoms in total. The number of rotatable bonds is 2. The normalized spacial score (nSPS) is 13.6. The van der Waals surface area contributed by atoms with Gasteiger partial charge in [0.25, 0.3) is 0 Å². The first-order valence-electron chi connectivity index (χ1n) is 17.5. The Bertz CT molecular complexity index is 3060. The summed E-state index contributed by atoms with van der Waals surface area (Å²) in [4.78, 5) is 0. The van der Waals surface area contributed by atoms with E-state index in [0.29, 0.717) is 0 Å². The van der Waals surface area contributed by atoms with Crippen LogP contribution in [-0.2, 0) is 5.41 Å². The minimum absolute atomic E-state index is 0.198. The molecule has 0 N–H and O–H groups in total. The molecule has 0 unspecified atom stereocenters. The summed E-state index contributed by atoms with van der Waals surface area (Å²) in [5.41, 5.74) is 12.0. The predicted octanol–water partition coefficient (Wildman–Crippen LogP) is 13.8. The van der Waals surface area contributed by atoms with Gasteiger partial charge < -0.3 is 4.42 Å². The molecule has 0 aliphatic heterocycles. The van der Waals surface area contributed by atoms with E-state index in [1.807, 2.05) is 6.07 Å². The van der Waals surface area contributed by atoms with Crippen LogP contribution in [0.3, 0.4) is 0 Å². The van der Waals surface area contributed by atoms with Crippen molar-refractivity contribution in [2.24, 2.45) is 0 Å². The fourth-order valence-corrected chi connectivity index (χ4v) is 8.93. The highest BCUT2D eigenvalue weighted by Crippen LogP contribution is 2.55. The molecule has 50 heavy (non-hydrogen) atoms. The van der Waals surface area contributed by atoms with Crippen LogP contribution in [0.4, 0.5) is 0 Å². The summed E-state index contributed by atoms with van der Waals surface area (Å²) in [5.74, 6) is 0. The maximum absolute atomic E-state index is 6.47. The van der Waals surface area contributed by atoms with Gasteiger partial charge in [-0.05, 0) is 136 Å². The third-order valence-electron chi connectivity index (χ3n) is 11.4. The summed E-state index contributed by atoms with van der Waals surface area (Å²) in [6, 6.07) is 58.4. The van der Waals surface area contributed by atoms with Gasteiger partial charge in [-0.25, -0.2) is 0 Å². The van der Waals surface area contributed by atoms with Crippen LogP contribution in [0.1, 0.15) is 25.0 Å². The van der Waals surface area contributed by atoms with Gasteiger partial charge in [0.05, 0.1) is 0 Å². The van der Waals surface area contributed by atoms with E-state index in [1.165, 1.54) is 87.6 Å².